The van der Waals surface area contributed by atoms with Gasteiger partial charge in [-0.25, -0.2) is 4.68 Å². The predicted octanol–water partition coefficient (Wildman–Crippen LogP) is 0.396. The lowest BCUT2D eigenvalue weighted by atomic mass is 10.2. The molecule has 1 fully saturated rings. The highest BCUT2D eigenvalue weighted by atomic mass is 15.5. The summed E-state index contributed by atoms with van der Waals surface area (Å²) in [4.78, 5) is 2.40. The van der Waals surface area contributed by atoms with Crippen molar-refractivity contribution in [3.05, 3.63) is 5.82 Å². The number of nitrogens with two attached hydrogens (primary N) is 1. The minimum Gasteiger partial charge on any atom is -0.329 e. The lowest BCUT2D eigenvalue weighted by molar-refractivity contribution is 0.238. The summed E-state index contributed by atoms with van der Waals surface area (Å²) in [6.45, 7) is 5.77. The van der Waals surface area contributed by atoms with E-state index in [1.54, 1.807) is 0 Å². The highest BCUT2D eigenvalue weighted by Crippen LogP contribution is 2.18. The van der Waals surface area contributed by atoms with Crippen LogP contribution in [0.5, 0.6) is 0 Å². The van der Waals surface area contributed by atoms with Crippen LogP contribution in [-0.4, -0.2) is 44.2 Å². The number of hydrogen-bond acceptors (Lipinski definition) is 5. The Morgan fingerprint density at radius 2 is 2.35 bits per heavy atom. The van der Waals surface area contributed by atoms with Gasteiger partial charge in [0.2, 0.25) is 0 Å². The van der Waals surface area contributed by atoms with Gasteiger partial charge in [-0.05, 0) is 36.2 Å². The molecule has 96 valence electrons. The maximum Gasteiger partial charge on any atom is 0.165 e. The summed E-state index contributed by atoms with van der Waals surface area (Å²) >= 11 is 0. The summed E-state index contributed by atoms with van der Waals surface area (Å²) in [6.07, 6.45) is 4.72. The average molecular weight is 238 g/mol. The molecule has 1 saturated heterocycles. The molecule has 1 atom stereocenters. The number of tetrazole rings is 1. The molecule has 1 aromatic rings. The third-order valence-electron chi connectivity index (χ3n) is 3.45. The van der Waals surface area contributed by atoms with E-state index in [-0.39, 0.29) is 0 Å². The number of rotatable bonds is 6. The zero-order valence-electron chi connectivity index (χ0n) is 10.5. The van der Waals surface area contributed by atoms with Crippen LogP contribution in [0.15, 0.2) is 0 Å². The van der Waals surface area contributed by atoms with Crippen LogP contribution >= 0.6 is 0 Å². The first kappa shape index (κ1) is 12.4. The van der Waals surface area contributed by atoms with Crippen molar-refractivity contribution in [3.8, 4) is 0 Å². The molecule has 1 unspecified atom stereocenters. The molecule has 1 aliphatic rings. The summed E-state index contributed by atoms with van der Waals surface area (Å²) in [6, 6.07) is 0.506. The fourth-order valence-corrected chi connectivity index (χ4v) is 2.37. The molecule has 0 bridgehead atoms. The maximum atomic E-state index is 5.77. The van der Waals surface area contributed by atoms with Gasteiger partial charge in [-0.1, -0.05) is 13.3 Å². The molecule has 0 aliphatic carbocycles. The molecule has 2 heterocycles. The van der Waals surface area contributed by atoms with Gasteiger partial charge >= 0.3 is 0 Å². The smallest absolute Gasteiger partial charge is 0.165 e. The molecular formula is C11H22N6. The van der Waals surface area contributed by atoms with E-state index < -0.39 is 0 Å². The summed E-state index contributed by atoms with van der Waals surface area (Å²) in [5, 5.41) is 11.9. The van der Waals surface area contributed by atoms with Crippen LogP contribution in [0.2, 0.25) is 0 Å². The first-order chi connectivity index (χ1) is 8.35. The second-order valence-corrected chi connectivity index (χ2v) is 4.67. The largest absolute Gasteiger partial charge is 0.329 e. The first-order valence-corrected chi connectivity index (χ1v) is 6.54. The van der Waals surface area contributed by atoms with Crippen molar-refractivity contribution < 1.29 is 0 Å². The normalized spacial score (nSPS) is 21.2. The molecule has 2 N–H and O–H groups in total. The molecule has 0 amide bonds. The number of aryl methyl sites for hydroxylation is 1. The van der Waals surface area contributed by atoms with Crippen molar-refractivity contribution in [3.63, 3.8) is 0 Å². The third kappa shape index (κ3) is 3.01. The van der Waals surface area contributed by atoms with E-state index in [2.05, 4.69) is 27.3 Å². The molecule has 0 saturated carbocycles. The van der Waals surface area contributed by atoms with Crippen molar-refractivity contribution in [2.75, 3.05) is 13.1 Å². The Morgan fingerprint density at radius 1 is 1.47 bits per heavy atom. The van der Waals surface area contributed by atoms with E-state index in [1.807, 2.05) is 4.68 Å². The molecule has 0 radical (unpaired) electrons. The summed E-state index contributed by atoms with van der Waals surface area (Å²) in [5.74, 6) is 0.971. The molecule has 1 aromatic heterocycles. The van der Waals surface area contributed by atoms with E-state index in [4.69, 9.17) is 5.73 Å². The van der Waals surface area contributed by atoms with E-state index in [9.17, 15) is 0 Å². The van der Waals surface area contributed by atoms with Gasteiger partial charge in [0, 0.05) is 19.1 Å². The molecule has 2 rings (SSSR count). The Bertz CT molecular complexity index is 336. The molecule has 1 aliphatic heterocycles. The Morgan fingerprint density at radius 3 is 3.12 bits per heavy atom. The van der Waals surface area contributed by atoms with Crippen LogP contribution in [0.25, 0.3) is 0 Å². The molecule has 0 aromatic carbocycles. The van der Waals surface area contributed by atoms with Gasteiger partial charge in [-0.15, -0.1) is 5.10 Å². The van der Waals surface area contributed by atoms with Crippen molar-refractivity contribution in [1.82, 2.24) is 25.1 Å². The lowest BCUT2D eigenvalue weighted by Crippen LogP contribution is -2.35. The van der Waals surface area contributed by atoms with Crippen LogP contribution in [0.3, 0.4) is 0 Å². The number of nitrogens with zero attached hydrogens (tertiary/aromatic N) is 5. The molecule has 6 nitrogen and oxygen atoms in total. The van der Waals surface area contributed by atoms with E-state index in [0.29, 0.717) is 6.04 Å². The highest BCUT2D eigenvalue weighted by molar-refractivity contribution is 4.87. The molecular weight excluding hydrogens is 216 g/mol. The summed E-state index contributed by atoms with van der Waals surface area (Å²) < 4.78 is 1.93. The van der Waals surface area contributed by atoms with Crippen LogP contribution in [0.4, 0.5) is 0 Å². The topological polar surface area (TPSA) is 72.9 Å². The van der Waals surface area contributed by atoms with Gasteiger partial charge in [0.15, 0.2) is 5.82 Å². The van der Waals surface area contributed by atoms with Gasteiger partial charge in [-0.3, -0.25) is 4.90 Å². The first-order valence-electron chi connectivity index (χ1n) is 6.54. The van der Waals surface area contributed by atoms with E-state index >= 15 is 0 Å². The Balaban J connectivity index is 1.95. The Kier molecular flexibility index (Phi) is 4.44. The second kappa shape index (κ2) is 6.07. The van der Waals surface area contributed by atoms with E-state index in [1.165, 1.54) is 12.8 Å². The monoisotopic (exact) mass is 238 g/mol. The Hall–Kier alpha value is -1.01. The minimum atomic E-state index is 0.506. The highest BCUT2D eigenvalue weighted by Gasteiger charge is 2.24. The number of likely N-dealkylation sites (tertiary alicyclic amines) is 1. The standard InChI is InChI=1S/C11H22N6/c1-2-3-7-17-11(13-14-15-17)9-16-6-4-5-10(16)8-12/h10H,2-9,12H2,1H3. The summed E-state index contributed by atoms with van der Waals surface area (Å²) in [7, 11) is 0. The zero-order chi connectivity index (χ0) is 12.1. The van der Waals surface area contributed by atoms with Crippen LogP contribution in [0.1, 0.15) is 38.4 Å². The van der Waals surface area contributed by atoms with Crippen LogP contribution in [-0.2, 0) is 13.1 Å². The van der Waals surface area contributed by atoms with Crippen molar-refractivity contribution in [2.45, 2.75) is 51.7 Å². The Labute approximate surface area is 102 Å². The van der Waals surface area contributed by atoms with Crippen LogP contribution < -0.4 is 5.73 Å². The second-order valence-electron chi connectivity index (χ2n) is 4.67. The van der Waals surface area contributed by atoms with Gasteiger partial charge in [0.05, 0.1) is 6.54 Å². The fraction of sp³-hybridized carbons (Fsp3) is 0.909. The van der Waals surface area contributed by atoms with Gasteiger partial charge in [0.25, 0.3) is 0 Å². The van der Waals surface area contributed by atoms with E-state index in [0.717, 1.165) is 44.8 Å². The molecule has 0 spiro atoms. The quantitative estimate of drug-likeness (QED) is 0.776. The molecule has 6 heteroatoms. The molecule has 17 heavy (non-hydrogen) atoms. The van der Waals surface area contributed by atoms with Gasteiger partial charge in [-0.2, -0.15) is 0 Å². The SMILES string of the molecule is CCCCn1nnnc1CN1CCCC1CN. The number of hydrogen-bond donors (Lipinski definition) is 1. The zero-order valence-corrected chi connectivity index (χ0v) is 10.5. The van der Waals surface area contributed by atoms with Crippen molar-refractivity contribution in [2.24, 2.45) is 5.73 Å². The van der Waals surface area contributed by atoms with Gasteiger partial charge in [0.1, 0.15) is 0 Å². The minimum absolute atomic E-state index is 0.506. The van der Waals surface area contributed by atoms with Gasteiger partial charge < -0.3 is 5.73 Å². The van der Waals surface area contributed by atoms with Crippen molar-refractivity contribution >= 4 is 0 Å². The predicted molar refractivity (Wildman–Crippen MR) is 65.2 cm³/mol. The fourth-order valence-electron chi connectivity index (χ4n) is 2.37. The van der Waals surface area contributed by atoms with Crippen LogP contribution in [0, 0.1) is 0 Å². The number of aromatic nitrogens is 4. The lowest BCUT2D eigenvalue weighted by Gasteiger charge is -2.22. The number of unbranched alkanes of at least 4 members (excludes halogenated alkanes) is 1. The van der Waals surface area contributed by atoms with Crippen molar-refractivity contribution in [1.29, 1.82) is 0 Å². The average Bonchev–Trinajstić information content (AvgIpc) is 2.96. The third-order valence-corrected chi connectivity index (χ3v) is 3.45. The maximum absolute atomic E-state index is 5.77. The summed E-state index contributed by atoms with van der Waals surface area (Å²) in [5.41, 5.74) is 5.77.